The number of aliphatic imine (C=N–C) groups is 1. The topological polar surface area (TPSA) is 74.8 Å². The number of benzene rings is 1. The predicted octanol–water partition coefficient (Wildman–Crippen LogP) is 3.36. The fraction of sp³-hybridized carbons (Fsp3) is 0.455. The molecule has 164 valence electrons. The molecule has 1 aromatic carbocycles. The Hall–Kier alpha value is -1.81. The lowest BCUT2D eigenvalue weighted by Gasteiger charge is -2.11. The lowest BCUT2D eigenvalue weighted by molar-refractivity contribution is -0.123. The molecule has 0 atom stereocenters. The Morgan fingerprint density at radius 1 is 1.17 bits per heavy atom. The first-order valence-corrected chi connectivity index (χ1v) is 11.2. The number of hydrogen-bond acceptors (Lipinski definition) is 4. The van der Waals surface area contributed by atoms with E-state index in [1.807, 2.05) is 24.3 Å². The van der Waals surface area contributed by atoms with Gasteiger partial charge in [0, 0.05) is 37.0 Å². The average molecular weight is 542 g/mol. The summed E-state index contributed by atoms with van der Waals surface area (Å²) in [6.45, 7) is 4.56. The Morgan fingerprint density at radius 2 is 1.97 bits per heavy atom. The van der Waals surface area contributed by atoms with Gasteiger partial charge in [-0.1, -0.05) is 18.2 Å². The first-order valence-electron chi connectivity index (χ1n) is 10.3. The zero-order chi connectivity index (χ0) is 20.3. The van der Waals surface area contributed by atoms with Gasteiger partial charge in [0.25, 0.3) is 5.91 Å². The normalized spacial score (nSPS) is 13.3. The number of halogens is 1. The number of thiophene rings is 1. The van der Waals surface area contributed by atoms with Crippen molar-refractivity contribution in [2.45, 2.75) is 38.6 Å². The maximum absolute atomic E-state index is 11.7. The number of ether oxygens (including phenoxy) is 1. The summed E-state index contributed by atoms with van der Waals surface area (Å²) in [4.78, 5) is 17.7. The summed E-state index contributed by atoms with van der Waals surface area (Å²) in [5.74, 6) is 1.52. The minimum Gasteiger partial charge on any atom is -0.484 e. The molecule has 0 radical (unpaired) electrons. The molecule has 1 aliphatic carbocycles. The number of carbonyl (C=O) groups excluding carboxylic acids is 1. The van der Waals surface area contributed by atoms with Crippen LogP contribution in [-0.2, 0) is 17.6 Å². The Bertz CT molecular complexity index is 777. The molecule has 0 aliphatic heterocycles. The van der Waals surface area contributed by atoms with E-state index in [9.17, 15) is 4.79 Å². The first-order chi connectivity index (χ1) is 14.2. The molecule has 1 aromatic heterocycles. The second kappa shape index (κ2) is 13.5. The zero-order valence-electron chi connectivity index (χ0n) is 17.4. The van der Waals surface area contributed by atoms with Gasteiger partial charge in [-0.25, -0.2) is 0 Å². The van der Waals surface area contributed by atoms with Crippen LogP contribution in [0.3, 0.4) is 0 Å². The fourth-order valence-corrected chi connectivity index (χ4v) is 3.50. The molecule has 0 bridgehead atoms. The van der Waals surface area contributed by atoms with Crippen molar-refractivity contribution < 1.29 is 9.53 Å². The van der Waals surface area contributed by atoms with Crippen LogP contribution in [0, 0.1) is 0 Å². The van der Waals surface area contributed by atoms with Crippen LogP contribution in [0.4, 0.5) is 0 Å². The van der Waals surface area contributed by atoms with Gasteiger partial charge in [-0.2, -0.15) is 0 Å². The third-order valence-electron chi connectivity index (χ3n) is 4.49. The van der Waals surface area contributed by atoms with E-state index in [-0.39, 0.29) is 36.5 Å². The molecular weight excluding hydrogens is 511 g/mol. The van der Waals surface area contributed by atoms with Crippen molar-refractivity contribution in [2.24, 2.45) is 4.99 Å². The van der Waals surface area contributed by atoms with Crippen LogP contribution in [0.1, 0.15) is 30.2 Å². The molecule has 1 aliphatic rings. The number of rotatable bonds is 11. The zero-order valence-corrected chi connectivity index (χ0v) is 20.5. The smallest absolute Gasteiger partial charge is 0.258 e. The Labute approximate surface area is 199 Å². The molecule has 8 heteroatoms. The standard InChI is InChI=1S/C22H30N4O2S.HI/c1-2-23-22(25-14-12-20-4-3-15-29-20)24-13-11-17-5-9-19(10-6-17)28-16-21(27)26-18-7-8-18;/h3-6,9-10,15,18H,2,7-8,11-14,16H2,1H3,(H,26,27)(H2,23,24,25);1H. The van der Waals surface area contributed by atoms with E-state index in [0.717, 1.165) is 57.0 Å². The van der Waals surface area contributed by atoms with Crippen LogP contribution in [0.5, 0.6) is 5.75 Å². The number of nitrogens with zero attached hydrogens (tertiary/aromatic N) is 1. The number of carbonyl (C=O) groups is 1. The molecule has 3 rings (SSSR count). The quantitative estimate of drug-likeness (QED) is 0.231. The van der Waals surface area contributed by atoms with Gasteiger partial charge >= 0.3 is 0 Å². The molecule has 1 heterocycles. The highest BCUT2D eigenvalue weighted by Crippen LogP contribution is 2.18. The van der Waals surface area contributed by atoms with E-state index in [1.165, 1.54) is 10.4 Å². The Morgan fingerprint density at radius 3 is 2.63 bits per heavy atom. The van der Waals surface area contributed by atoms with E-state index in [1.54, 1.807) is 11.3 Å². The van der Waals surface area contributed by atoms with Crippen molar-refractivity contribution in [2.75, 3.05) is 26.2 Å². The van der Waals surface area contributed by atoms with Gasteiger partial charge in [0.2, 0.25) is 0 Å². The average Bonchev–Trinajstić information content (AvgIpc) is 3.38. The molecule has 0 unspecified atom stereocenters. The Kier molecular flexibility index (Phi) is 11.0. The van der Waals surface area contributed by atoms with Crippen LogP contribution < -0.4 is 20.7 Å². The van der Waals surface area contributed by atoms with E-state index in [0.29, 0.717) is 6.04 Å². The SMILES string of the molecule is CCNC(=NCCc1cccs1)NCCc1ccc(OCC(=O)NC2CC2)cc1.I. The van der Waals surface area contributed by atoms with Gasteiger partial charge in [-0.15, -0.1) is 35.3 Å². The van der Waals surface area contributed by atoms with E-state index < -0.39 is 0 Å². The Balaban J connectivity index is 0.00000320. The molecule has 0 spiro atoms. The minimum absolute atomic E-state index is 0. The summed E-state index contributed by atoms with van der Waals surface area (Å²) < 4.78 is 5.55. The monoisotopic (exact) mass is 542 g/mol. The molecular formula is C22H31IN4O2S. The predicted molar refractivity (Wildman–Crippen MR) is 134 cm³/mol. The van der Waals surface area contributed by atoms with E-state index in [2.05, 4.69) is 45.4 Å². The number of guanidine groups is 1. The van der Waals surface area contributed by atoms with Crippen molar-refractivity contribution in [3.05, 3.63) is 52.2 Å². The van der Waals surface area contributed by atoms with Crippen molar-refractivity contribution in [3.63, 3.8) is 0 Å². The van der Waals surface area contributed by atoms with Crippen LogP contribution in [0.15, 0.2) is 46.8 Å². The lowest BCUT2D eigenvalue weighted by Crippen LogP contribution is -2.38. The second-order valence-electron chi connectivity index (χ2n) is 7.04. The minimum atomic E-state index is -0.0462. The van der Waals surface area contributed by atoms with Crippen LogP contribution >= 0.6 is 35.3 Å². The molecule has 1 amide bonds. The molecule has 2 aromatic rings. The van der Waals surface area contributed by atoms with Crippen molar-refractivity contribution in [3.8, 4) is 5.75 Å². The van der Waals surface area contributed by atoms with Crippen molar-refractivity contribution >= 4 is 47.2 Å². The molecule has 3 N–H and O–H groups in total. The summed E-state index contributed by atoms with van der Waals surface area (Å²) in [6, 6.07) is 12.5. The second-order valence-corrected chi connectivity index (χ2v) is 8.07. The van der Waals surface area contributed by atoms with Crippen molar-refractivity contribution in [1.29, 1.82) is 0 Å². The molecule has 0 saturated heterocycles. The van der Waals surface area contributed by atoms with Gasteiger partial charge < -0.3 is 20.7 Å². The summed E-state index contributed by atoms with van der Waals surface area (Å²) in [6.07, 6.45) is 4.03. The highest BCUT2D eigenvalue weighted by molar-refractivity contribution is 14.0. The summed E-state index contributed by atoms with van der Waals surface area (Å²) in [7, 11) is 0. The highest BCUT2D eigenvalue weighted by atomic mass is 127. The number of hydrogen-bond donors (Lipinski definition) is 3. The molecule has 1 fully saturated rings. The third kappa shape index (κ3) is 9.34. The van der Waals surface area contributed by atoms with Crippen LogP contribution in [0.2, 0.25) is 0 Å². The fourth-order valence-electron chi connectivity index (χ4n) is 2.80. The number of amides is 1. The third-order valence-corrected chi connectivity index (χ3v) is 5.43. The van der Waals surface area contributed by atoms with Gasteiger partial charge in [0.1, 0.15) is 5.75 Å². The highest BCUT2D eigenvalue weighted by Gasteiger charge is 2.23. The van der Waals surface area contributed by atoms with Crippen LogP contribution in [-0.4, -0.2) is 44.1 Å². The number of nitrogens with one attached hydrogen (secondary N) is 3. The van der Waals surface area contributed by atoms with E-state index in [4.69, 9.17) is 4.74 Å². The van der Waals surface area contributed by atoms with Crippen molar-refractivity contribution in [1.82, 2.24) is 16.0 Å². The largest absolute Gasteiger partial charge is 0.484 e. The van der Waals surface area contributed by atoms with Gasteiger partial charge in [0.05, 0.1) is 0 Å². The summed E-state index contributed by atoms with van der Waals surface area (Å²) in [5.41, 5.74) is 1.21. The van der Waals surface area contributed by atoms with Gasteiger partial charge in [0.15, 0.2) is 12.6 Å². The van der Waals surface area contributed by atoms with Gasteiger partial charge in [-0.3, -0.25) is 9.79 Å². The first kappa shape index (κ1) is 24.5. The van der Waals surface area contributed by atoms with E-state index >= 15 is 0 Å². The molecule has 30 heavy (non-hydrogen) atoms. The molecule has 6 nitrogen and oxygen atoms in total. The lowest BCUT2D eigenvalue weighted by atomic mass is 10.1. The summed E-state index contributed by atoms with van der Waals surface area (Å²) in [5, 5.41) is 11.7. The summed E-state index contributed by atoms with van der Waals surface area (Å²) >= 11 is 1.77. The van der Waals surface area contributed by atoms with Crippen LogP contribution in [0.25, 0.3) is 0 Å². The molecule has 1 saturated carbocycles. The maximum atomic E-state index is 11.7. The maximum Gasteiger partial charge on any atom is 0.258 e. The van der Waals surface area contributed by atoms with Gasteiger partial charge in [-0.05, 0) is 55.3 Å².